The van der Waals surface area contributed by atoms with Crippen molar-refractivity contribution in [3.05, 3.63) is 65.7 Å². The summed E-state index contributed by atoms with van der Waals surface area (Å²) in [7, 11) is -3.36. The van der Waals surface area contributed by atoms with Gasteiger partial charge in [0.25, 0.3) is 0 Å². The lowest BCUT2D eigenvalue weighted by Crippen LogP contribution is -2.38. The molecule has 0 atom stereocenters. The Kier molecular flexibility index (Phi) is 7.66. The molecule has 2 aromatic rings. The van der Waals surface area contributed by atoms with Crippen LogP contribution in [0.4, 0.5) is 0 Å². The van der Waals surface area contributed by atoms with Gasteiger partial charge in [0.2, 0.25) is 10.0 Å². The molecule has 2 aromatic carbocycles. The second kappa shape index (κ2) is 10.4. The first-order valence-corrected chi connectivity index (χ1v) is 11.7. The van der Waals surface area contributed by atoms with Gasteiger partial charge < -0.3 is 10.6 Å². The third-order valence-corrected chi connectivity index (χ3v) is 6.85. The van der Waals surface area contributed by atoms with Crippen LogP contribution in [0.1, 0.15) is 30.9 Å². The predicted molar refractivity (Wildman–Crippen MR) is 117 cm³/mol. The lowest BCUT2D eigenvalue weighted by atomic mass is 10.1. The summed E-state index contributed by atoms with van der Waals surface area (Å²) in [6, 6.07) is 17.4. The molecule has 1 heterocycles. The highest BCUT2D eigenvalue weighted by Crippen LogP contribution is 2.21. The summed E-state index contributed by atoms with van der Waals surface area (Å²) in [5.74, 6) is 0.761. The molecule has 0 spiro atoms. The van der Waals surface area contributed by atoms with Gasteiger partial charge in [0, 0.05) is 26.2 Å². The van der Waals surface area contributed by atoms with Gasteiger partial charge in [-0.1, -0.05) is 42.5 Å². The minimum absolute atomic E-state index is 0.361. The van der Waals surface area contributed by atoms with Crippen molar-refractivity contribution >= 4 is 16.0 Å². The molecule has 0 aromatic heterocycles. The van der Waals surface area contributed by atoms with Crippen LogP contribution in [0.15, 0.2) is 64.5 Å². The van der Waals surface area contributed by atoms with Gasteiger partial charge in [0.15, 0.2) is 5.96 Å². The van der Waals surface area contributed by atoms with Gasteiger partial charge in [-0.2, -0.15) is 4.31 Å². The van der Waals surface area contributed by atoms with E-state index in [2.05, 4.69) is 27.8 Å². The summed E-state index contributed by atoms with van der Waals surface area (Å²) in [5, 5.41) is 6.60. The number of hydrogen-bond acceptors (Lipinski definition) is 3. The summed E-state index contributed by atoms with van der Waals surface area (Å²) in [4.78, 5) is 4.98. The molecule has 156 valence electrons. The molecular weight excluding hydrogens is 384 g/mol. The van der Waals surface area contributed by atoms with Crippen molar-refractivity contribution in [2.24, 2.45) is 4.99 Å². The van der Waals surface area contributed by atoms with Crippen LogP contribution in [0.25, 0.3) is 0 Å². The van der Waals surface area contributed by atoms with Crippen molar-refractivity contribution < 1.29 is 8.42 Å². The Morgan fingerprint density at radius 3 is 2.31 bits per heavy atom. The second-order valence-electron chi connectivity index (χ2n) is 7.11. The average molecular weight is 415 g/mol. The van der Waals surface area contributed by atoms with Gasteiger partial charge in [-0.25, -0.2) is 13.4 Å². The fraction of sp³-hybridized carbons (Fsp3) is 0.409. The topological polar surface area (TPSA) is 73.8 Å². The zero-order valence-corrected chi connectivity index (χ0v) is 17.8. The van der Waals surface area contributed by atoms with E-state index in [1.165, 1.54) is 5.56 Å². The van der Waals surface area contributed by atoms with Crippen molar-refractivity contribution in [1.29, 1.82) is 0 Å². The molecule has 29 heavy (non-hydrogen) atoms. The van der Waals surface area contributed by atoms with E-state index < -0.39 is 10.0 Å². The van der Waals surface area contributed by atoms with Crippen LogP contribution in [-0.4, -0.2) is 44.9 Å². The molecule has 1 aliphatic rings. The zero-order valence-electron chi connectivity index (χ0n) is 17.0. The maximum atomic E-state index is 12.6. The molecule has 6 nitrogen and oxygen atoms in total. The van der Waals surface area contributed by atoms with Gasteiger partial charge in [0.05, 0.1) is 11.4 Å². The van der Waals surface area contributed by atoms with E-state index in [-0.39, 0.29) is 0 Å². The average Bonchev–Trinajstić information content (AvgIpc) is 3.29. The SMILES string of the molecule is CCNC(=NCc1ccc(S(=O)(=O)N2CCCC2)cc1)NCCc1ccccc1. The molecular formula is C22H30N4O2S. The van der Waals surface area contributed by atoms with E-state index >= 15 is 0 Å². The number of rotatable bonds is 8. The molecule has 0 radical (unpaired) electrons. The zero-order chi connectivity index (χ0) is 20.5. The number of guanidine groups is 1. The Bertz CT molecular complexity index is 890. The smallest absolute Gasteiger partial charge is 0.243 e. The Labute approximate surface area is 174 Å². The van der Waals surface area contributed by atoms with Gasteiger partial charge in [-0.3, -0.25) is 0 Å². The largest absolute Gasteiger partial charge is 0.357 e. The number of sulfonamides is 1. The van der Waals surface area contributed by atoms with Crippen molar-refractivity contribution in [2.75, 3.05) is 26.2 Å². The van der Waals surface area contributed by atoms with E-state index in [4.69, 9.17) is 0 Å². The molecule has 7 heteroatoms. The van der Waals surface area contributed by atoms with E-state index in [9.17, 15) is 8.42 Å². The summed E-state index contributed by atoms with van der Waals surface area (Å²) in [6.07, 6.45) is 2.81. The predicted octanol–water partition coefficient (Wildman–Crippen LogP) is 2.77. The molecule has 0 saturated carbocycles. The van der Waals surface area contributed by atoms with E-state index in [0.717, 1.165) is 43.9 Å². The van der Waals surface area contributed by atoms with Crippen molar-refractivity contribution in [3.63, 3.8) is 0 Å². The maximum Gasteiger partial charge on any atom is 0.243 e. The van der Waals surface area contributed by atoms with Crippen molar-refractivity contribution in [2.45, 2.75) is 37.6 Å². The summed E-state index contributed by atoms with van der Waals surface area (Å²) in [6.45, 7) is 5.34. The van der Waals surface area contributed by atoms with Gasteiger partial charge >= 0.3 is 0 Å². The lowest BCUT2D eigenvalue weighted by molar-refractivity contribution is 0.477. The lowest BCUT2D eigenvalue weighted by Gasteiger charge is -2.15. The van der Waals surface area contributed by atoms with Gasteiger partial charge in [-0.15, -0.1) is 0 Å². The Balaban J connectivity index is 1.57. The quantitative estimate of drug-likeness (QED) is 0.515. The van der Waals surface area contributed by atoms with Crippen LogP contribution in [0.3, 0.4) is 0 Å². The highest BCUT2D eigenvalue weighted by molar-refractivity contribution is 7.89. The molecule has 0 unspecified atom stereocenters. The number of nitrogens with zero attached hydrogens (tertiary/aromatic N) is 2. The maximum absolute atomic E-state index is 12.6. The van der Waals surface area contributed by atoms with Crippen molar-refractivity contribution in [3.8, 4) is 0 Å². The molecule has 1 saturated heterocycles. The minimum Gasteiger partial charge on any atom is -0.357 e. The van der Waals surface area contributed by atoms with Crippen LogP contribution in [0.5, 0.6) is 0 Å². The van der Waals surface area contributed by atoms with E-state index in [0.29, 0.717) is 24.5 Å². The summed E-state index contributed by atoms with van der Waals surface area (Å²) in [5.41, 5.74) is 2.26. The Morgan fingerprint density at radius 2 is 1.66 bits per heavy atom. The highest BCUT2D eigenvalue weighted by atomic mass is 32.2. The number of aliphatic imine (C=N–C) groups is 1. The standard InChI is InChI=1S/C22H30N4O2S/c1-2-23-22(24-15-14-19-8-4-3-5-9-19)25-18-20-10-12-21(13-11-20)29(27,28)26-16-6-7-17-26/h3-5,8-13H,2,6-7,14-18H2,1H3,(H2,23,24,25). The van der Waals surface area contributed by atoms with Crippen LogP contribution in [-0.2, 0) is 23.0 Å². The number of nitrogens with one attached hydrogen (secondary N) is 2. The molecule has 2 N–H and O–H groups in total. The Morgan fingerprint density at radius 1 is 0.966 bits per heavy atom. The fourth-order valence-electron chi connectivity index (χ4n) is 3.33. The molecule has 0 aliphatic carbocycles. The first-order chi connectivity index (χ1) is 14.1. The molecule has 0 bridgehead atoms. The summed E-state index contributed by atoms with van der Waals surface area (Å²) >= 11 is 0. The van der Waals surface area contributed by atoms with Gasteiger partial charge in [-0.05, 0) is 49.4 Å². The van der Waals surface area contributed by atoms with Crippen LogP contribution < -0.4 is 10.6 Å². The normalized spacial score (nSPS) is 15.4. The fourth-order valence-corrected chi connectivity index (χ4v) is 4.84. The highest BCUT2D eigenvalue weighted by Gasteiger charge is 2.26. The van der Waals surface area contributed by atoms with Crippen LogP contribution in [0, 0.1) is 0 Å². The molecule has 1 fully saturated rings. The van der Waals surface area contributed by atoms with Crippen LogP contribution in [0.2, 0.25) is 0 Å². The second-order valence-corrected chi connectivity index (χ2v) is 9.05. The van der Waals surface area contributed by atoms with E-state index in [1.54, 1.807) is 16.4 Å². The summed E-state index contributed by atoms with van der Waals surface area (Å²) < 4.78 is 26.8. The first-order valence-electron chi connectivity index (χ1n) is 10.2. The Hall–Kier alpha value is -2.38. The third-order valence-electron chi connectivity index (χ3n) is 4.94. The van der Waals surface area contributed by atoms with Crippen molar-refractivity contribution in [1.82, 2.24) is 14.9 Å². The third kappa shape index (κ3) is 6.05. The van der Waals surface area contributed by atoms with Crippen LogP contribution >= 0.6 is 0 Å². The molecule has 0 amide bonds. The monoisotopic (exact) mass is 414 g/mol. The van der Waals surface area contributed by atoms with Gasteiger partial charge in [0.1, 0.15) is 0 Å². The molecule has 3 rings (SSSR count). The minimum atomic E-state index is -3.36. The first kappa shape index (κ1) is 21.3. The number of hydrogen-bond donors (Lipinski definition) is 2. The number of benzene rings is 2. The van der Waals surface area contributed by atoms with E-state index in [1.807, 2.05) is 37.3 Å². The molecule has 1 aliphatic heterocycles.